The number of aryl methyl sites for hydroxylation is 1. The summed E-state index contributed by atoms with van der Waals surface area (Å²) in [6.45, 7) is 9.24. The number of benzene rings is 7. The van der Waals surface area contributed by atoms with Crippen LogP contribution in [0.15, 0.2) is 132 Å². The fourth-order valence-corrected chi connectivity index (χ4v) is 18.7. The van der Waals surface area contributed by atoms with E-state index in [1.54, 1.807) is 11.1 Å². The van der Waals surface area contributed by atoms with Crippen LogP contribution in [0.5, 0.6) is 0 Å². The fourth-order valence-electron chi connectivity index (χ4n) is 18.7. The molecule has 0 atom stereocenters. The molecule has 7 aromatic carbocycles. The summed E-state index contributed by atoms with van der Waals surface area (Å²) in [6, 6.07) is 50.6. The van der Waals surface area contributed by atoms with E-state index >= 15 is 0 Å². The molecule has 0 unspecified atom stereocenters. The Morgan fingerprint density at radius 3 is 1.82 bits per heavy atom. The van der Waals surface area contributed by atoms with Crippen LogP contribution in [-0.2, 0) is 16.2 Å². The lowest BCUT2D eigenvalue weighted by atomic mass is 9.46. The Morgan fingerprint density at radius 2 is 1.15 bits per heavy atom. The van der Waals surface area contributed by atoms with Crippen molar-refractivity contribution in [1.29, 1.82) is 0 Å². The molecule has 19 rings (SSSR count). The quantitative estimate of drug-likeness (QED) is 0.164. The molecule has 71 heavy (non-hydrogen) atoms. The molecule has 8 bridgehead atoms. The van der Waals surface area contributed by atoms with Gasteiger partial charge in [-0.05, 0) is 240 Å². The third-order valence-electron chi connectivity index (χ3n) is 20.8. The van der Waals surface area contributed by atoms with Crippen molar-refractivity contribution in [2.45, 2.75) is 121 Å². The molecule has 350 valence electrons. The largest absolute Gasteiger partial charge is 0.466 e. The van der Waals surface area contributed by atoms with Gasteiger partial charge in [0.2, 0.25) is 0 Å². The molecular formula is C67H63BN2O. The predicted molar refractivity (Wildman–Crippen MR) is 296 cm³/mol. The minimum absolute atomic E-state index is 0.0154. The summed E-state index contributed by atoms with van der Waals surface area (Å²) in [7, 11) is 0. The van der Waals surface area contributed by atoms with Crippen LogP contribution in [0.25, 0.3) is 65.8 Å². The first-order valence-electron chi connectivity index (χ1n) is 27.8. The zero-order chi connectivity index (χ0) is 46.9. The molecule has 3 nitrogen and oxygen atoms in total. The zero-order valence-electron chi connectivity index (χ0n) is 42.0. The van der Waals surface area contributed by atoms with E-state index in [-0.39, 0.29) is 17.7 Å². The SMILES string of the molecule is Cc1cc2c3c(c1)N(c1ccc(C(C)(C)C)cc1-c1ccccc1)c1c(oc4cc5ccccc5cc14)B3n1c3ccc(C45CC6CC(CC(C6)C4)C5)cc3c3cc(C45CC6CC(CC(C6)C4)C5)cc-2c31. The van der Waals surface area contributed by atoms with Gasteiger partial charge in [0.25, 0.3) is 0 Å². The summed E-state index contributed by atoms with van der Waals surface area (Å²) in [4.78, 5) is 2.65. The van der Waals surface area contributed by atoms with Crippen LogP contribution in [0.4, 0.5) is 17.1 Å². The molecule has 8 fully saturated rings. The molecule has 2 aliphatic heterocycles. The highest BCUT2D eigenvalue weighted by molar-refractivity contribution is 6.89. The normalized spacial score (nSPS) is 28.5. The molecule has 0 spiro atoms. The lowest BCUT2D eigenvalue weighted by Crippen LogP contribution is -2.56. The van der Waals surface area contributed by atoms with Gasteiger partial charge in [-0.1, -0.05) is 93.6 Å². The van der Waals surface area contributed by atoms with Gasteiger partial charge in [0.1, 0.15) is 11.2 Å². The summed E-state index contributed by atoms with van der Waals surface area (Å²) >= 11 is 0. The molecule has 8 saturated carbocycles. The van der Waals surface area contributed by atoms with Crippen molar-refractivity contribution in [3.63, 3.8) is 0 Å². The van der Waals surface area contributed by atoms with Gasteiger partial charge >= 0.3 is 6.85 Å². The van der Waals surface area contributed by atoms with E-state index in [9.17, 15) is 0 Å². The number of fused-ring (bicyclic) bond motifs is 10. The highest BCUT2D eigenvalue weighted by atomic mass is 16.3. The summed E-state index contributed by atoms with van der Waals surface area (Å²) in [5.74, 6) is 5.37. The van der Waals surface area contributed by atoms with Crippen LogP contribution < -0.4 is 16.0 Å². The Kier molecular flexibility index (Phi) is 7.85. The Morgan fingerprint density at radius 1 is 0.535 bits per heavy atom. The Bertz CT molecular complexity index is 3730. The molecule has 9 aromatic rings. The van der Waals surface area contributed by atoms with Crippen LogP contribution in [-0.4, -0.2) is 11.3 Å². The topological polar surface area (TPSA) is 21.3 Å². The van der Waals surface area contributed by atoms with Gasteiger partial charge in [-0.15, -0.1) is 0 Å². The lowest BCUT2D eigenvalue weighted by molar-refractivity contribution is -0.00527. The summed E-state index contributed by atoms with van der Waals surface area (Å²) in [5.41, 5.74) is 21.6. The van der Waals surface area contributed by atoms with Crippen LogP contribution >= 0.6 is 0 Å². The van der Waals surface area contributed by atoms with E-state index in [1.165, 1.54) is 171 Å². The first kappa shape index (κ1) is 40.6. The third kappa shape index (κ3) is 5.53. The Labute approximate surface area is 418 Å². The van der Waals surface area contributed by atoms with Gasteiger partial charge in [-0.3, -0.25) is 0 Å². The molecule has 0 amide bonds. The van der Waals surface area contributed by atoms with Crippen molar-refractivity contribution in [3.8, 4) is 22.3 Å². The average molecular weight is 923 g/mol. The second-order valence-corrected chi connectivity index (χ2v) is 26.3. The number of hydrogen-bond donors (Lipinski definition) is 0. The van der Waals surface area contributed by atoms with Gasteiger partial charge in [-0.2, -0.15) is 0 Å². The van der Waals surface area contributed by atoms with E-state index < -0.39 is 0 Å². The molecular weight excluding hydrogens is 860 g/mol. The van der Waals surface area contributed by atoms with E-state index in [2.05, 4.69) is 164 Å². The third-order valence-corrected chi connectivity index (χ3v) is 20.8. The molecule has 0 radical (unpaired) electrons. The highest BCUT2D eigenvalue weighted by Gasteiger charge is 2.54. The van der Waals surface area contributed by atoms with Gasteiger partial charge in [0.05, 0.1) is 11.4 Å². The summed E-state index contributed by atoms with van der Waals surface area (Å²) in [6.07, 6.45) is 17.1. The van der Waals surface area contributed by atoms with E-state index in [4.69, 9.17) is 4.42 Å². The molecule has 0 N–H and O–H groups in total. The Balaban J connectivity index is 0.986. The summed E-state index contributed by atoms with van der Waals surface area (Å²) in [5, 5.41) is 6.58. The molecule has 4 heteroatoms. The van der Waals surface area contributed by atoms with Crippen LogP contribution in [0.3, 0.4) is 0 Å². The van der Waals surface area contributed by atoms with Gasteiger partial charge in [-0.25, -0.2) is 0 Å². The standard InChI is InChI=1S/C67H63BN2O/c1-38-18-53-55-31-50(67-35-42-23-43(36-67)25-44(24-42)37-67)30-54-52-29-49(66-32-39-20-40(33-66)22-41(21-39)34-66)15-17-58(52)70(62(54)55)68-61(53)59(19-38)69(63-56-26-46-12-8-9-13-47(46)27-60(56)71-64(63)68)57-16-14-48(65(2,3)4)28-51(57)45-10-6-5-7-11-45/h5-19,26-31,39-44H,20-25,32-37H2,1-4H3. The zero-order valence-corrected chi connectivity index (χ0v) is 42.0. The highest BCUT2D eigenvalue weighted by Crippen LogP contribution is 2.64. The van der Waals surface area contributed by atoms with Crippen LogP contribution in [0, 0.1) is 42.4 Å². The predicted octanol–water partition coefficient (Wildman–Crippen LogP) is 16.3. The number of rotatable bonds is 4. The van der Waals surface area contributed by atoms with Crippen LogP contribution in [0.2, 0.25) is 0 Å². The number of furan rings is 1. The maximum Gasteiger partial charge on any atom is 0.375 e. The van der Waals surface area contributed by atoms with Gasteiger partial charge < -0.3 is 13.8 Å². The van der Waals surface area contributed by atoms with Crippen LogP contribution in [0.1, 0.15) is 120 Å². The number of hydrogen-bond acceptors (Lipinski definition) is 2. The van der Waals surface area contributed by atoms with Gasteiger partial charge in [0.15, 0.2) is 0 Å². The first-order chi connectivity index (χ1) is 34.5. The van der Waals surface area contributed by atoms with Gasteiger partial charge in [0, 0.05) is 44.0 Å². The molecule has 10 aliphatic rings. The monoisotopic (exact) mass is 923 g/mol. The van der Waals surface area contributed by atoms with Crippen molar-refractivity contribution < 1.29 is 4.42 Å². The molecule has 4 heterocycles. The molecule has 8 aliphatic carbocycles. The number of anilines is 3. The van der Waals surface area contributed by atoms with E-state index in [0.717, 1.165) is 46.8 Å². The smallest absolute Gasteiger partial charge is 0.375 e. The summed E-state index contributed by atoms with van der Waals surface area (Å²) < 4.78 is 10.4. The molecule has 0 saturated heterocycles. The lowest BCUT2D eigenvalue weighted by Gasteiger charge is -2.57. The Hall–Kier alpha value is -6.00. The molecule has 2 aromatic heterocycles. The average Bonchev–Trinajstić information content (AvgIpc) is 3.89. The van der Waals surface area contributed by atoms with Crippen molar-refractivity contribution in [3.05, 3.63) is 150 Å². The second kappa shape index (κ2) is 13.7. The van der Waals surface area contributed by atoms with Crippen molar-refractivity contribution in [2.75, 3.05) is 4.90 Å². The maximum absolute atomic E-state index is 7.63. The van der Waals surface area contributed by atoms with E-state index in [1.807, 2.05) is 0 Å². The fraction of sp³-hybridized carbons (Fsp3) is 0.373. The maximum atomic E-state index is 7.63. The number of nitrogens with zero attached hydrogens (tertiary/aromatic N) is 2. The van der Waals surface area contributed by atoms with Crippen molar-refractivity contribution in [1.82, 2.24) is 4.48 Å². The minimum atomic E-state index is -0.139. The first-order valence-corrected chi connectivity index (χ1v) is 27.8. The second-order valence-electron chi connectivity index (χ2n) is 26.3. The minimum Gasteiger partial charge on any atom is -0.466 e. The van der Waals surface area contributed by atoms with Crippen molar-refractivity contribution >= 4 is 78.6 Å². The van der Waals surface area contributed by atoms with E-state index in [0.29, 0.717) is 5.41 Å². The van der Waals surface area contributed by atoms with Crippen molar-refractivity contribution in [2.24, 2.45) is 35.5 Å². The number of aromatic nitrogens is 1.